The van der Waals surface area contributed by atoms with E-state index in [0.29, 0.717) is 46.3 Å². The lowest BCUT2D eigenvalue weighted by Crippen LogP contribution is -2.24. The van der Waals surface area contributed by atoms with Gasteiger partial charge in [0.05, 0.1) is 45.9 Å². The Balaban J connectivity index is 1.73. The standard InChI is InChI=1S/C22H27N3O5/c1-25(9-8-14-6-7-17(27-2)18(10-14)28-3)13-21-23-16-12-20(30-5)19(29-4)11-15(16)22(26)24-21/h6-7,10-12H,8-9,13H2,1-5H3,(H,23,24,26). The molecule has 0 radical (unpaired) electrons. The van der Waals surface area contributed by atoms with Crippen LogP contribution in [-0.4, -0.2) is 56.9 Å². The molecule has 2 aromatic carbocycles. The first-order valence-corrected chi connectivity index (χ1v) is 9.53. The van der Waals surface area contributed by atoms with Crippen molar-refractivity contribution in [3.05, 3.63) is 52.1 Å². The number of H-pyrrole nitrogens is 1. The number of nitrogens with one attached hydrogen (secondary N) is 1. The molecule has 1 heterocycles. The molecular formula is C22H27N3O5. The third kappa shape index (κ3) is 4.65. The number of methoxy groups -OCH3 is 4. The first-order valence-electron chi connectivity index (χ1n) is 9.53. The molecule has 0 unspecified atom stereocenters. The zero-order valence-electron chi connectivity index (χ0n) is 17.9. The Morgan fingerprint density at radius 3 is 2.20 bits per heavy atom. The Morgan fingerprint density at radius 1 is 0.900 bits per heavy atom. The van der Waals surface area contributed by atoms with Crippen molar-refractivity contribution in [1.29, 1.82) is 0 Å². The highest BCUT2D eigenvalue weighted by Gasteiger charge is 2.12. The highest BCUT2D eigenvalue weighted by molar-refractivity contribution is 5.81. The van der Waals surface area contributed by atoms with Crippen molar-refractivity contribution in [3.63, 3.8) is 0 Å². The van der Waals surface area contributed by atoms with Gasteiger partial charge in [-0.05, 0) is 37.2 Å². The summed E-state index contributed by atoms with van der Waals surface area (Å²) in [6.45, 7) is 1.29. The van der Waals surface area contributed by atoms with E-state index in [1.54, 1.807) is 33.5 Å². The number of hydrogen-bond acceptors (Lipinski definition) is 7. The van der Waals surface area contributed by atoms with E-state index in [9.17, 15) is 4.79 Å². The van der Waals surface area contributed by atoms with E-state index in [1.165, 1.54) is 7.11 Å². The monoisotopic (exact) mass is 413 g/mol. The van der Waals surface area contributed by atoms with E-state index in [-0.39, 0.29) is 5.56 Å². The number of fused-ring (bicyclic) bond motifs is 1. The summed E-state index contributed by atoms with van der Waals surface area (Å²) < 4.78 is 21.2. The average Bonchev–Trinajstić information content (AvgIpc) is 2.76. The summed E-state index contributed by atoms with van der Waals surface area (Å²) in [5.41, 5.74) is 1.50. The van der Waals surface area contributed by atoms with E-state index in [0.717, 1.165) is 18.5 Å². The largest absolute Gasteiger partial charge is 0.493 e. The minimum atomic E-state index is -0.204. The SMILES string of the molecule is COc1ccc(CCN(C)Cc2nc3cc(OC)c(OC)cc3c(=O)[nH]2)cc1OC. The molecule has 8 heteroatoms. The van der Waals surface area contributed by atoms with Gasteiger partial charge in [-0.2, -0.15) is 0 Å². The fraction of sp³-hybridized carbons (Fsp3) is 0.364. The molecule has 0 amide bonds. The smallest absolute Gasteiger partial charge is 0.258 e. The number of hydrogen-bond donors (Lipinski definition) is 1. The maximum atomic E-state index is 12.5. The average molecular weight is 413 g/mol. The van der Waals surface area contributed by atoms with E-state index < -0.39 is 0 Å². The van der Waals surface area contributed by atoms with Crippen molar-refractivity contribution in [3.8, 4) is 23.0 Å². The fourth-order valence-corrected chi connectivity index (χ4v) is 3.28. The minimum absolute atomic E-state index is 0.204. The lowest BCUT2D eigenvalue weighted by atomic mass is 10.1. The molecule has 0 atom stereocenters. The van der Waals surface area contributed by atoms with E-state index in [4.69, 9.17) is 18.9 Å². The molecule has 0 bridgehead atoms. The summed E-state index contributed by atoms with van der Waals surface area (Å²) in [7, 11) is 8.32. The second-order valence-corrected chi connectivity index (χ2v) is 6.91. The van der Waals surface area contributed by atoms with E-state index >= 15 is 0 Å². The Labute approximate surface area is 175 Å². The molecule has 30 heavy (non-hydrogen) atoms. The van der Waals surface area contributed by atoms with Crippen LogP contribution in [0.5, 0.6) is 23.0 Å². The molecule has 160 valence electrons. The van der Waals surface area contributed by atoms with Crippen LogP contribution in [0.15, 0.2) is 35.1 Å². The minimum Gasteiger partial charge on any atom is -0.493 e. The molecule has 1 aromatic heterocycles. The van der Waals surface area contributed by atoms with Crippen LogP contribution in [0.2, 0.25) is 0 Å². The third-order valence-electron chi connectivity index (χ3n) is 4.91. The second-order valence-electron chi connectivity index (χ2n) is 6.91. The van der Waals surface area contributed by atoms with Crippen LogP contribution < -0.4 is 24.5 Å². The van der Waals surface area contributed by atoms with Gasteiger partial charge in [-0.1, -0.05) is 6.07 Å². The van der Waals surface area contributed by atoms with Crippen LogP contribution in [-0.2, 0) is 13.0 Å². The molecule has 0 aliphatic heterocycles. The lowest BCUT2D eigenvalue weighted by Gasteiger charge is -2.17. The molecule has 0 fully saturated rings. The fourth-order valence-electron chi connectivity index (χ4n) is 3.28. The predicted octanol–water partition coefficient (Wildman–Crippen LogP) is 2.63. The van der Waals surface area contributed by atoms with Gasteiger partial charge in [-0.15, -0.1) is 0 Å². The topological polar surface area (TPSA) is 85.9 Å². The van der Waals surface area contributed by atoms with Crippen LogP contribution in [0.3, 0.4) is 0 Å². The van der Waals surface area contributed by atoms with Gasteiger partial charge in [0.15, 0.2) is 23.0 Å². The first kappa shape index (κ1) is 21.4. The molecule has 0 aliphatic rings. The summed E-state index contributed by atoms with van der Waals surface area (Å²) in [5, 5.41) is 0.462. The molecule has 0 spiro atoms. The molecular weight excluding hydrogens is 386 g/mol. The van der Waals surface area contributed by atoms with Crippen molar-refractivity contribution in [2.45, 2.75) is 13.0 Å². The molecule has 1 N–H and O–H groups in total. The second kappa shape index (κ2) is 9.49. The maximum Gasteiger partial charge on any atom is 0.258 e. The van der Waals surface area contributed by atoms with Crippen LogP contribution in [0.25, 0.3) is 10.9 Å². The normalized spacial score (nSPS) is 11.0. The van der Waals surface area contributed by atoms with Gasteiger partial charge >= 0.3 is 0 Å². The lowest BCUT2D eigenvalue weighted by molar-refractivity contribution is 0.321. The van der Waals surface area contributed by atoms with Crippen molar-refractivity contribution in [2.75, 3.05) is 42.0 Å². The van der Waals surface area contributed by atoms with Crippen LogP contribution >= 0.6 is 0 Å². The van der Waals surface area contributed by atoms with Gasteiger partial charge in [0.1, 0.15) is 5.82 Å². The number of likely N-dealkylation sites (N-methyl/N-ethyl adjacent to an activating group) is 1. The molecule has 3 rings (SSSR count). The molecule has 3 aromatic rings. The molecule has 0 saturated heterocycles. The summed E-state index contributed by atoms with van der Waals surface area (Å²) in [6.07, 6.45) is 0.819. The van der Waals surface area contributed by atoms with Crippen LogP contribution in [0.1, 0.15) is 11.4 Å². The van der Waals surface area contributed by atoms with E-state index in [1.807, 2.05) is 25.2 Å². The Hall–Kier alpha value is -3.26. The van der Waals surface area contributed by atoms with Crippen molar-refractivity contribution in [1.82, 2.24) is 14.9 Å². The van der Waals surface area contributed by atoms with Gasteiger partial charge in [0.2, 0.25) is 0 Å². The summed E-state index contributed by atoms with van der Waals surface area (Å²) in [5.74, 6) is 3.05. The van der Waals surface area contributed by atoms with Gasteiger partial charge in [0, 0.05) is 12.6 Å². The highest BCUT2D eigenvalue weighted by Crippen LogP contribution is 2.30. The predicted molar refractivity (Wildman–Crippen MR) is 115 cm³/mol. The van der Waals surface area contributed by atoms with Gasteiger partial charge < -0.3 is 23.9 Å². The molecule has 0 saturated carbocycles. The summed E-state index contributed by atoms with van der Waals surface area (Å²) in [6, 6.07) is 9.26. The Kier molecular flexibility index (Phi) is 6.79. The zero-order valence-corrected chi connectivity index (χ0v) is 17.9. The number of ether oxygens (including phenoxy) is 4. The Bertz CT molecular complexity index is 1080. The third-order valence-corrected chi connectivity index (χ3v) is 4.91. The van der Waals surface area contributed by atoms with E-state index in [2.05, 4.69) is 14.9 Å². The number of rotatable bonds is 9. The van der Waals surface area contributed by atoms with Crippen molar-refractivity contribution < 1.29 is 18.9 Å². The number of benzene rings is 2. The van der Waals surface area contributed by atoms with Gasteiger partial charge in [0.25, 0.3) is 5.56 Å². The van der Waals surface area contributed by atoms with Crippen LogP contribution in [0, 0.1) is 0 Å². The van der Waals surface area contributed by atoms with Gasteiger partial charge in [-0.3, -0.25) is 9.69 Å². The van der Waals surface area contributed by atoms with Crippen molar-refractivity contribution >= 4 is 10.9 Å². The summed E-state index contributed by atoms with van der Waals surface area (Å²) in [4.78, 5) is 22.1. The van der Waals surface area contributed by atoms with Crippen molar-refractivity contribution in [2.24, 2.45) is 0 Å². The van der Waals surface area contributed by atoms with Gasteiger partial charge in [-0.25, -0.2) is 4.98 Å². The highest BCUT2D eigenvalue weighted by atomic mass is 16.5. The zero-order chi connectivity index (χ0) is 21.7. The molecule has 0 aliphatic carbocycles. The maximum absolute atomic E-state index is 12.5. The number of aromatic amines is 1. The Morgan fingerprint density at radius 2 is 1.53 bits per heavy atom. The first-order chi connectivity index (χ1) is 14.5. The molecule has 8 nitrogen and oxygen atoms in total. The van der Waals surface area contributed by atoms with Crippen LogP contribution in [0.4, 0.5) is 0 Å². The quantitative estimate of drug-likeness (QED) is 0.577. The summed E-state index contributed by atoms with van der Waals surface area (Å²) >= 11 is 0. The number of nitrogens with zero attached hydrogens (tertiary/aromatic N) is 2. The number of aromatic nitrogens is 2.